The van der Waals surface area contributed by atoms with Crippen LogP contribution in [0.1, 0.15) is 12.0 Å². The van der Waals surface area contributed by atoms with Gasteiger partial charge in [0.2, 0.25) is 0 Å². The smallest absolute Gasteiger partial charge is 0.328 e. The van der Waals surface area contributed by atoms with Crippen molar-refractivity contribution in [3.05, 3.63) is 28.8 Å². The Hall–Kier alpha value is -1.33. The fourth-order valence-electron chi connectivity index (χ4n) is 1.69. The quantitative estimate of drug-likeness (QED) is 0.644. The van der Waals surface area contributed by atoms with Gasteiger partial charge >= 0.3 is 5.97 Å². The molecule has 1 atom stereocenters. The van der Waals surface area contributed by atoms with Gasteiger partial charge in [0.15, 0.2) is 5.11 Å². The topological polar surface area (TPSA) is 50.4 Å². The van der Waals surface area contributed by atoms with E-state index in [1.54, 1.807) is 0 Å². The molecule has 2 N–H and O–H groups in total. The molecular formula is C12H13ClN2O2S. The van der Waals surface area contributed by atoms with Gasteiger partial charge in [-0.25, -0.2) is 4.79 Å². The predicted molar refractivity (Wildman–Crippen MR) is 74.9 cm³/mol. The minimum absolute atomic E-state index is 0.262. The summed E-state index contributed by atoms with van der Waals surface area (Å²) in [5.41, 5.74) is 1.74. The predicted octanol–water partition coefficient (Wildman–Crippen LogP) is 2.25. The maximum atomic E-state index is 11.3. The average molecular weight is 285 g/mol. The summed E-state index contributed by atoms with van der Waals surface area (Å²) in [5.74, 6) is -0.262. The molecule has 0 saturated carbocycles. The molecule has 0 aromatic heterocycles. The Kier molecular flexibility index (Phi) is 4.04. The molecule has 1 aromatic rings. The lowest BCUT2D eigenvalue weighted by molar-refractivity contribution is -0.139. The van der Waals surface area contributed by atoms with Crippen molar-refractivity contribution >= 4 is 40.6 Å². The number of hydrogen-bond donors (Lipinski definition) is 2. The van der Waals surface area contributed by atoms with Crippen molar-refractivity contribution in [3.8, 4) is 0 Å². The highest BCUT2D eigenvalue weighted by molar-refractivity contribution is 7.80. The van der Waals surface area contributed by atoms with E-state index in [4.69, 9.17) is 28.6 Å². The third kappa shape index (κ3) is 2.91. The lowest BCUT2D eigenvalue weighted by Crippen LogP contribution is -2.40. The Morgan fingerprint density at radius 3 is 3.00 bits per heavy atom. The summed E-state index contributed by atoms with van der Waals surface area (Å²) in [6.45, 7) is 2.34. The summed E-state index contributed by atoms with van der Waals surface area (Å²) in [6.07, 6.45) is 0.634. The van der Waals surface area contributed by atoms with Crippen LogP contribution in [0.5, 0.6) is 0 Å². The van der Waals surface area contributed by atoms with Crippen LogP contribution in [0.15, 0.2) is 18.2 Å². The number of anilines is 1. The molecule has 1 heterocycles. The molecule has 0 amide bonds. The number of thiocarbonyl (C=S) groups is 1. The normalized spacial score (nSPS) is 18.3. The molecule has 4 nitrogen and oxygen atoms in total. The molecule has 0 spiro atoms. The van der Waals surface area contributed by atoms with Gasteiger partial charge in [0, 0.05) is 17.1 Å². The summed E-state index contributed by atoms with van der Waals surface area (Å²) in [6, 6.07) is 5.17. The van der Waals surface area contributed by atoms with Crippen molar-refractivity contribution in [3.63, 3.8) is 0 Å². The van der Waals surface area contributed by atoms with Gasteiger partial charge in [-0.05, 0) is 36.8 Å². The zero-order chi connectivity index (χ0) is 13.1. The highest BCUT2D eigenvalue weighted by Crippen LogP contribution is 2.22. The Labute approximate surface area is 116 Å². The molecule has 1 aliphatic heterocycles. The van der Waals surface area contributed by atoms with Crippen LogP contribution in [0.25, 0.3) is 0 Å². The van der Waals surface area contributed by atoms with Crippen LogP contribution in [0.4, 0.5) is 5.69 Å². The number of rotatable bonds is 2. The number of benzene rings is 1. The Morgan fingerprint density at radius 1 is 1.56 bits per heavy atom. The van der Waals surface area contributed by atoms with Crippen molar-refractivity contribution in [2.24, 2.45) is 0 Å². The minimum Gasteiger partial charge on any atom is -0.464 e. The molecule has 1 saturated heterocycles. The van der Waals surface area contributed by atoms with Crippen molar-refractivity contribution in [1.82, 2.24) is 5.32 Å². The van der Waals surface area contributed by atoms with Crippen LogP contribution in [0.2, 0.25) is 5.02 Å². The molecule has 1 aliphatic rings. The highest BCUT2D eigenvalue weighted by Gasteiger charge is 2.26. The van der Waals surface area contributed by atoms with Gasteiger partial charge in [-0.1, -0.05) is 17.7 Å². The number of ether oxygens (including phenoxy) is 1. The van der Waals surface area contributed by atoms with Crippen LogP contribution in [-0.2, 0) is 9.53 Å². The Morgan fingerprint density at radius 2 is 2.33 bits per heavy atom. The van der Waals surface area contributed by atoms with Gasteiger partial charge < -0.3 is 15.4 Å². The van der Waals surface area contributed by atoms with Crippen LogP contribution in [-0.4, -0.2) is 23.7 Å². The monoisotopic (exact) mass is 284 g/mol. The molecule has 18 heavy (non-hydrogen) atoms. The molecule has 1 aromatic carbocycles. The summed E-state index contributed by atoms with van der Waals surface area (Å²) in [5, 5.41) is 7.02. The molecule has 0 bridgehead atoms. The maximum Gasteiger partial charge on any atom is 0.328 e. The van der Waals surface area contributed by atoms with E-state index >= 15 is 0 Å². The van der Waals surface area contributed by atoms with Crippen molar-refractivity contribution in [2.75, 3.05) is 11.9 Å². The van der Waals surface area contributed by atoms with Gasteiger partial charge in [-0.15, -0.1) is 0 Å². The zero-order valence-electron chi connectivity index (χ0n) is 9.83. The van der Waals surface area contributed by atoms with E-state index in [9.17, 15) is 4.79 Å². The van der Waals surface area contributed by atoms with Crippen molar-refractivity contribution < 1.29 is 9.53 Å². The maximum absolute atomic E-state index is 11.3. The first kappa shape index (κ1) is 13.1. The fraction of sp³-hybridized carbons (Fsp3) is 0.333. The van der Waals surface area contributed by atoms with Gasteiger partial charge in [0.25, 0.3) is 0 Å². The van der Waals surface area contributed by atoms with E-state index in [0.29, 0.717) is 23.2 Å². The van der Waals surface area contributed by atoms with Gasteiger partial charge in [0.05, 0.1) is 6.61 Å². The number of halogens is 1. The second-order valence-corrected chi connectivity index (χ2v) is 4.84. The Balaban J connectivity index is 1.99. The van der Waals surface area contributed by atoms with E-state index in [2.05, 4.69) is 10.6 Å². The minimum atomic E-state index is -0.357. The van der Waals surface area contributed by atoms with E-state index < -0.39 is 0 Å². The van der Waals surface area contributed by atoms with Crippen LogP contribution < -0.4 is 10.6 Å². The zero-order valence-corrected chi connectivity index (χ0v) is 11.4. The van der Waals surface area contributed by atoms with Crippen LogP contribution in [0.3, 0.4) is 0 Å². The number of esters is 1. The van der Waals surface area contributed by atoms with Crippen molar-refractivity contribution in [1.29, 1.82) is 0 Å². The first-order valence-electron chi connectivity index (χ1n) is 5.57. The van der Waals surface area contributed by atoms with Gasteiger partial charge in [0.1, 0.15) is 6.04 Å². The average Bonchev–Trinajstić information content (AvgIpc) is 2.71. The van der Waals surface area contributed by atoms with E-state index in [1.807, 2.05) is 25.1 Å². The Bertz CT molecular complexity index is 493. The molecule has 96 valence electrons. The second-order valence-electron chi connectivity index (χ2n) is 4.02. The molecular weight excluding hydrogens is 272 g/mol. The van der Waals surface area contributed by atoms with E-state index in [1.165, 1.54) is 0 Å². The fourth-order valence-corrected chi connectivity index (χ4v) is 2.11. The summed E-state index contributed by atoms with van der Waals surface area (Å²) >= 11 is 11.2. The standard InChI is InChI=1S/C12H13ClN2O2S/c1-7-8(13)3-2-4-9(7)14-12(18)15-10-5-6-17-11(10)16/h2-4,10H,5-6H2,1H3,(H2,14,15,18). The molecule has 1 fully saturated rings. The highest BCUT2D eigenvalue weighted by atomic mass is 35.5. The van der Waals surface area contributed by atoms with Gasteiger partial charge in [-0.3, -0.25) is 0 Å². The first-order chi connectivity index (χ1) is 8.58. The van der Waals surface area contributed by atoms with Gasteiger partial charge in [-0.2, -0.15) is 0 Å². The first-order valence-corrected chi connectivity index (χ1v) is 6.36. The summed E-state index contributed by atoms with van der Waals surface area (Å²) in [7, 11) is 0. The lowest BCUT2D eigenvalue weighted by atomic mass is 10.2. The number of carbonyl (C=O) groups is 1. The third-order valence-electron chi connectivity index (χ3n) is 2.76. The van der Waals surface area contributed by atoms with E-state index in [-0.39, 0.29) is 12.0 Å². The van der Waals surface area contributed by atoms with Crippen LogP contribution in [0, 0.1) is 6.92 Å². The summed E-state index contributed by atoms with van der Waals surface area (Å²) < 4.78 is 4.85. The lowest BCUT2D eigenvalue weighted by Gasteiger charge is -2.15. The molecule has 2 rings (SSSR count). The molecule has 6 heteroatoms. The number of hydrogen-bond acceptors (Lipinski definition) is 3. The number of cyclic esters (lactones) is 1. The molecule has 0 aliphatic carbocycles. The second kappa shape index (κ2) is 5.54. The summed E-state index contributed by atoms with van der Waals surface area (Å²) in [4.78, 5) is 11.3. The SMILES string of the molecule is Cc1c(Cl)cccc1NC(=S)NC1CCOC1=O. The largest absolute Gasteiger partial charge is 0.464 e. The third-order valence-corrected chi connectivity index (χ3v) is 3.39. The van der Waals surface area contributed by atoms with Crippen molar-refractivity contribution in [2.45, 2.75) is 19.4 Å². The van der Waals surface area contributed by atoms with Crippen LogP contribution >= 0.6 is 23.8 Å². The molecule has 1 unspecified atom stereocenters. The van der Waals surface area contributed by atoms with E-state index in [0.717, 1.165) is 11.3 Å². The molecule has 0 radical (unpaired) electrons. The number of carbonyl (C=O) groups excluding carboxylic acids is 1. The number of nitrogens with one attached hydrogen (secondary N) is 2.